The standard InChI is InChI=1S/C17H28O3/c1-11-5-6-17(18)14(2,3)13-9-12(11)15(17,4)10-16(13)19-7-8-20-16/h11-13,18H,5-10H2,1-4H3/t11-,12-,13+,15-,17+/m0/s1. The summed E-state index contributed by atoms with van der Waals surface area (Å²) in [7, 11) is 0. The first-order valence-corrected chi connectivity index (χ1v) is 8.27. The molecule has 3 heteroatoms. The molecule has 1 heterocycles. The molecule has 4 aliphatic carbocycles. The van der Waals surface area contributed by atoms with Crippen molar-refractivity contribution < 1.29 is 14.6 Å². The van der Waals surface area contributed by atoms with E-state index in [4.69, 9.17) is 9.47 Å². The van der Waals surface area contributed by atoms with Crippen molar-refractivity contribution in [1.82, 2.24) is 0 Å². The predicted molar refractivity (Wildman–Crippen MR) is 76.1 cm³/mol. The fourth-order valence-corrected chi connectivity index (χ4v) is 6.66. The molecular formula is C17H28O3. The van der Waals surface area contributed by atoms with E-state index in [2.05, 4.69) is 27.7 Å². The van der Waals surface area contributed by atoms with Gasteiger partial charge < -0.3 is 14.6 Å². The molecule has 0 unspecified atom stereocenters. The smallest absolute Gasteiger partial charge is 0.172 e. The second-order valence-electron chi connectivity index (χ2n) is 8.60. The number of rotatable bonds is 0. The summed E-state index contributed by atoms with van der Waals surface area (Å²) in [5, 5.41) is 11.6. The topological polar surface area (TPSA) is 38.7 Å². The molecule has 0 aromatic heterocycles. The van der Waals surface area contributed by atoms with Gasteiger partial charge in [-0.3, -0.25) is 0 Å². The van der Waals surface area contributed by atoms with Crippen LogP contribution < -0.4 is 0 Å². The van der Waals surface area contributed by atoms with Crippen LogP contribution in [-0.2, 0) is 9.47 Å². The molecule has 1 spiro atoms. The number of hydrogen-bond donors (Lipinski definition) is 1. The van der Waals surface area contributed by atoms with Crippen LogP contribution in [0.25, 0.3) is 0 Å². The third-order valence-electron chi connectivity index (χ3n) is 7.76. The maximum Gasteiger partial charge on any atom is 0.172 e. The van der Waals surface area contributed by atoms with E-state index in [0.717, 1.165) is 25.7 Å². The minimum absolute atomic E-state index is 0.0761. The molecule has 0 aromatic rings. The second kappa shape index (κ2) is 3.61. The Balaban J connectivity index is 1.87. The lowest BCUT2D eigenvalue weighted by Gasteiger charge is -2.74. The predicted octanol–water partition coefficient (Wildman–Crippen LogP) is 2.96. The monoisotopic (exact) mass is 280 g/mol. The Labute approximate surface area is 122 Å². The van der Waals surface area contributed by atoms with Crippen LogP contribution in [0.3, 0.4) is 0 Å². The van der Waals surface area contributed by atoms with Crippen molar-refractivity contribution in [3.8, 4) is 0 Å². The van der Waals surface area contributed by atoms with Crippen LogP contribution in [0.1, 0.15) is 53.4 Å². The van der Waals surface area contributed by atoms with Crippen LogP contribution in [0.4, 0.5) is 0 Å². The van der Waals surface area contributed by atoms with Gasteiger partial charge in [0.25, 0.3) is 0 Å². The van der Waals surface area contributed by atoms with Gasteiger partial charge in [-0.2, -0.15) is 0 Å². The van der Waals surface area contributed by atoms with E-state index in [1.807, 2.05) is 0 Å². The molecule has 5 atom stereocenters. The van der Waals surface area contributed by atoms with E-state index >= 15 is 0 Å². The van der Waals surface area contributed by atoms with E-state index in [-0.39, 0.29) is 10.8 Å². The normalized spacial score (nSPS) is 55.4. The van der Waals surface area contributed by atoms with Crippen LogP contribution >= 0.6 is 0 Å². The highest BCUT2D eigenvalue weighted by Gasteiger charge is 2.77. The molecule has 1 saturated heterocycles. The van der Waals surface area contributed by atoms with Crippen molar-refractivity contribution in [2.75, 3.05) is 13.2 Å². The summed E-state index contributed by atoms with van der Waals surface area (Å²) in [5.74, 6) is 1.21. The number of aliphatic hydroxyl groups is 1. The highest BCUT2D eigenvalue weighted by atomic mass is 16.7. The molecule has 4 saturated carbocycles. The molecule has 1 aliphatic heterocycles. The van der Waals surface area contributed by atoms with Crippen molar-refractivity contribution in [3.05, 3.63) is 0 Å². The third-order valence-corrected chi connectivity index (χ3v) is 7.76. The highest BCUT2D eigenvalue weighted by molar-refractivity contribution is 5.24. The van der Waals surface area contributed by atoms with Crippen molar-refractivity contribution in [2.45, 2.75) is 64.8 Å². The van der Waals surface area contributed by atoms with Crippen molar-refractivity contribution in [3.63, 3.8) is 0 Å². The molecule has 20 heavy (non-hydrogen) atoms. The fourth-order valence-electron chi connectivity index (χ4n) is 6.66. The highest BCUT2D eigenvalue weighted by Crippen LogP contribution is 2.74. The summed E-state index contributed by atoms with van der Waals surface area (Å²) in [6.45, 7) is 10.6. The van der Waals surface area contributed by atoms with Gasteiger partial charge in [0.15, 0.2) is 5.79 Å². The molecule has 114 valence electrons. The summed E-state index contributed by atoms with van der Waals surface area (Å²) in [4.78, 5) is 0. The molecule has 5 fully saturated rings. The Bertz CT molecular complexity index is 440. The average Bonchev–Trinajstić information content (AvgIpc) is 2.80. The minimum Gasteiger partial charge on any atom is -0.389 e. The van der Waals surface area contributed by atoms with Crippen molar-refractivity contribution >= 4 is 0 Å². The second-order valence-corrected chi connectivity index (χ2v) is 8.60. The van der Waals surface area contributed by atoms with Gasteiger partial charge in [0.2, 0.25) is 0 Å². The van der Waals surface area contributed by atoms with Gasteiger partial charge in [0.05, 0.1) is 18.8 Å². The summed E-state index contributed by atoms with van der Waals surface area (Å²) in [5.41, 5.74) is -0.783. The van der Waals surface area contributed by atoms with Crippen molar-refractivity contribution in [2.24, 2.45) is 28.6 Å². The SMILES string of the molecule is C[C@H]1CC[C@@]2(O)C(C)(C)[C@H]3C[C@@H]1[C@]2(C)CC31OCCO1. The molecule has 3 nitrogen and oxygen atoms in total. The van der Waals surface area contributed by atoms with Crippen LogP contribution in [0.5, 0.6) is 0 Å². The summed E-state index contributed by atoms with van der Waals surface area (Å²) >= 11 is 0. The van der Waals surface area contributed by atoms with E-state index in [1.54, 1.807) is 0 Å². The van der Waals surface area contributed by atoms with Gasteiger partial charge in [0.1, 0.15) is 0 Å². The molecule has 0 aromatic carbocycles. The maximum absolute atomic E-state index is 11.6. The summed E-state index contributed by atoms with van der Waals surface area (Å²) in [6, 6.07) is 0. The minimum atomic E-state index is -0.569. The van der Waals surface area contributed by atoms with E-state index < -0.39 is 11.4 Å². The largest absolute Gasteiger partial charge is 0.389 e. The van der Waals surface area contributed by atoms with Crippen LogP contribution in [-0.4, -0.2) is 29.7 Å². The molecule has 1 N–H and O–H groups in total. The Hall–Kier alpha value is -0.120. The number of hydrogen-bond acceptors (Lipinski definition) is 3. The zero-order chi connectivity index (χ0) is 14.4. The Morgan fingerprint density at radius 3 is 2.40 bits per heavy atom. The molecule has 0 radical (unpaired) electrons. The van der Waals surface area contributed by atoms with Crippen LogP contribution in [0.15, 0.2) is 0 Å². The Kier molecular flexibility index (Phi) is 2.44. The van der Waals surface area contributed by atoms with Gasteiger partial charge in [-0.05, 0) is 31.1 Å². The molecule has 5 aliphatic rings. The van der Waals surface area contributed by atoms with Crippen LogP contribution in [0.2, 0.25) is 0 Å². The quantitative estimate of drug-likeness (QED) is 0.741. The van der Waals surface area contributed by atoms with E-state index in [1.165, 1.54) is 0 Å². The molecule has 5 rings (SSSR count). The first kappa shape index (κ1) is 13.5. The average molecular weight is 280 g/mol. The van der Waals surface area contributed by atoms with Gasteiger partial charge in [-0.1, -0.05) is 27.7 Å². The molecular weight excluding hydrogens is 252 g/mol. The maximum atomic E-state index is 11.6. The van der Waals surface area contributed by atoms with Gasteiger partial charge in [-0.15, -0.1) is 0 Å². The van der Waals surface area contributed by atoms with E-state index in [0.29, 0.717) is 31.0 Å². The molecule has 4 bridgehead atoms. The van der Waals surface area contributed by atoms with Crippen molar-refractivity contribution in [1.29, 1.82) is 0 Å². The number of ether oxygens (including phenoxy) is 2. The van der Waals surface area contributed by atoms with E-state index in [9.17, 15) is 5.11 Å². The zero-order valence-electron chi connectivity index (χ0n) is 13.2. The first-order chi connectivity index (χ1) is 9.27. The zero-order valence-corrected chi connectivity index (χ0v) is 13.2. The van der Waals surface area contributed by atoms with Crippen LogP contribution in [0, 0.1) is 28.6 Å². The lowest BCUT2D eigenvalue weighted by atomic mass is 9.34. The lowest BCUT2D eigenvalue weighted by molar-refractivity contribution is -0.383. The summed E-state index contributed by atoms with van der Waals surface area (Å²) in [6.07, 6.45) is 4.11. The lowest BCUT2D eigenvalue weighted by Crippen LogP contribution is -2.77. The Morgan fingerprint density at radius 1 is 1.10 bits per heavy atom. The Morgan fingerprint density at radius 2 is 1.75 bits per heavy atom. The first-order valence-electron chi connectivity index (χ1n) is 8.27. The fraction of sp³-hybridized carbons (Fsp3) is 1.00. The van der Waals surface area contributed by atoms with Gasteiger partial charge >= 0.3 is 0 Å². The molecule has 0 amide bonds. The van der Waals surface area contributed by atoms with Gasteiger partial charge in [-0.25, -0.2) is 0 Å². The van der Waals surface area contributed by atoms with Gasteiger partial charge in [0, 0.05) is 23.2 Å². The summed E-state index contributed by atoms with van der Waals surface area (Å²) < 4.78 is 12.3. The third kappa shape index (κ3) is 1.21.